The van der Waals surface area contributed by atoms with Crippen molar-refractivity contribution in [2.75, 3.05) is 39.6 Å². The molecule has 3 N–H and O–H groups in total. The van der Waals surface area contributed by atoms with E-state index >= 15 is 0 Å². The number of aliphatic hydroxyl groups excluding tert-OH is 1. The van der Waals surface area contributed by atoms with E-state index in [0.29, 0.717) is 43.4 Å². The van der Waals surface area contributed by atoms with Crippen molar-refractivity contribution in [3.8, 4) is 0 Å². The molecule has 474 valence electrons. The highest BCUT2D eigenvalue weighted by molar-refractivity contribution is 7.47. The Balaban J connectivity index is 5.25. The predicted octanol–water partition coefficient (Wildman–Crippen LogP) is 16.2. The second kappa shape index (κ2) is 51.5. The molecule has 17 nitrogen and oxygen atoms in total. The van der Waals surface area contributed by atoms with Crippen LogP contribution in [-0.2, 0) is 65.4 Å². The summed E-state index contributed by atoms with van der Waals surface area (Å²) in [7, 11) is -9.88. The van der Waals surface area contributed by atoms with Crippen LogP contribution in [0.15, 0.2) is 0 Å². The smallest absolute Gasteiger partial charge is 0.462 e. The molecule has 0 rings (SSSR count). The number of rotatable bonds is 58. The van der Waals surface area contributed by atoms with E-state index in [0.717, 1.165) is 109 Å². The molecule has 0 bridgehead atoms. The zero-order valence-electron chi connectivity index (χ0n) is 51.7. The molecular weight excluding hydrogens is 1070 g/mol. The van der Waals surface area contributed by atoms with Gasteiger partial charge in [-0.15, -0.1) is 0 Å². The van der Waals surface area contributed by atoms with Crippen LogP contribution in [0.2, 0.25) is 0 Å². The fraction of sp³-hybridized carbons (Fsp3) is 0.934. The van der Waals surface area contributed by atoms with Crippen LogP contribution >= 0.6 is 15.6 Å². The Bertz CT molecular complexity index is 1610. The van der Waals surface area contributed by atoms with Crippen LogP contribution in [0.3, 0.4) is 0 Å². The van der Waals surface area contributed by atoms with Crippen LogP contribution in [0.5, 0.6) is 0 Å². The van der Waals surface area contributed by atoms with Gasteiger partial charge < -0.3 is 33.8 Å². The molecule has 0 aromatic carbocycles. The molecule has 0 heterocycles. The molecule has 19 heteroatoms. The van der Waals surface area contributed by atoms with Crippen LogP contribution in [0, 0.1) is 23.7 Å². The monoisotopic (exact) mass is 1180 g/mol. The molecule has 0 saturated carbocycles. The van der Waals surface area contributed by atoms with Gasteiger partial charge in [0.05, 0.1) is 26.4 Å². The van der Waals surface area contributed by atoms with Crippen LogP contribution in [-0.4, -0.2) is 96.7 Å². The van der Waals surface area contributed by atoms with E-state index in [1.165, 1.54) is 77.0 Å². The molecule has 0 aromatic heterocycles. The van der Waals surface area contributed by atoms with E-state index in [9.17, 15) is 43.2 Å². The van der Waals surface area contributed by atoms with E-state index in [1.54, 1.807) is 0 Å². The number of hydrogen-bond acceptors (Lipinski definition) is 15. The number of esters is 4. The molecule has 0 fully saturated rings. The van der Waals surface area contributed by atoms with Crippen molar-refractivity contribution < 1.29 is 80.2 Å². The van der Waals surface area contributed by atoms with Crippen molar-refractivity contribution in [2.45, 2.75) is 305 Å². The lowest BCUT2D eigenvalue weighted by molar-refractivity contribution is -0.161. The lowest BCUT2D eigenvalue weighted by Gasteiger charge is -2.21. The molecule has 3 unspecified atom stereocenters. The van der Waals surface area contributed by atoms with Gasteiger partial charge in [0.2, 0.25) is 0 Å². The third kappa shape index (κ3) is 54.0. The van der Waals surface area contributed by atoms with Gasteiger partial charge in [0.25, 0.3) is 0 Å². The second-order valence-corrected chi connectivity index (χ2v) is 26.7. The number of unbranched alkanes of at least 4 members (excludes halogenated alkanes) is 23. The Morgan fingerprint density at radius 1 is 0.350 bits per heavy atom. The average Bonchev–Trinajstić information content (AvgIpc) is 3.40. The van der Waals surface area contributed by atoms with E-state index in [-0.39, 0.29) is 25.7 Å². The van der Waals surface area contributed by atoms with Crippen molar-refractivity contribution >= 4 is 39.5 Å². The van der Waals surface area contributed by atoms with Crippen molar-refractivity contribution in [3.05, 3.63) is 0 Å². The first-order valence-electron chi connectivity index (χ1n) is 31.7. The lowest BCUT2D eigenvalue weighted by Crippen LogP contribution is -2.30. The van der Waals surface area contributed by atoms with Crippen molar-refractivity contribution in [3.63, 3.8) is 0 Å². The molecule has 0 aliphatic heterocycles. The van der Waals surface area contributed by atoms with Gasteiger partial charge >= 0.3 is 39.5 Å². The quantitative estimate of drug-likeness (QED) is 0.0222. The minimum Gasteiger partial charge on any atom is -0.462 e. The number of aliphatic hydroxyl groups is 1. The van der Waals surface area contributed by atoms with E-state index < -0.39 is 97.5 Å². The number of phosphoric ester groups is 2. The van der Waals surface area contributed by atoms with E-state index in [1.807, 2.05) is 0 Å². The maximum Gasteiger partial charge on any atom is 0.472 e. The third-order valence-corrected chi connectivity index (χ3v) is 16.1. The maximum atomic E-state index is 12.9. The Labute approximate surface area is 486 Å². The minimum absolute atomic E-state index is 0.100. The van der Waals surface area contributed by atoms with Crippen molar-refractivity contribution in [1.82, 2.24) is 0 Å². The summed E-state index contributed by atoms with van der Waals surface area (Å²) < 4.78 is 67.8. The number of hydrogen-bond donors (Lipinski definition) is 3. The summed E-state index contributed by atoms with van der Waals surface area (Å²) in [5, 5.41) is 10.5. The highest BCUT2D eigenvalue weighted by atomic mass is 31.2. The fourth-order valence-corrected chi connectivity index (χ4v) is 10.4. The molecule has 0 aromatic rings. The molecular formula is C61H118O17P2. The first-order valence-corrected chi connectivity index (χ1v) is 34.7. The maximum absolute atomic E-state index is 12.9. The summed E-state index contributed by atoms with van der Waals surface area (Å²) in [6.07, 6.45) is 29.7. The second-order valence-electron chi connectivity index (χ2n) is 23.8. The van der Waals surface area contributed by atoms with Gasteiger partial charge in [-0.05, 0) is 49.4 Å². The Kier molecular flexibility index (Phi) is 50.2. The van der Waals surface area contributed by atoms with Crippen LogP contribution in [0.25, 0.3) is 0 Å². The Hall–Kier alpha value is -1.94. The fourth-order valence-electron chi connectivity index (χ4n) is 8.87. The predicted molar refractivity (Wildman–Crippen MR) is 317 cm³/mol. The van der Waals surface area contributed by atoms with Gasteiger partial charge in [0.1, 0.15) is 19.3 Å². The third-order valence-electron chi connectivity index (χ3n) is 14.2. The molecule has 0 radical (unpaired) electrons. The summed E-state index contributed by atoms with van der Waals surface area (Å²) in [5.74, 6) is 0.673. The van der Waals surface area contributed by atoms with E-state index in [4.69, 9.17) is 37.0 Å². The van der Waals surface area contributed by atoms with Crippen molar-refractivity contribution in [2.24, 2.45) is 23.7 Å². The van der Waals surface area contributed by atoms with Gasteiger partial charge in [-0.1, -0.05) is 235 Å². The largest absolute Gasteiger partial charge is 0.472 e. The van der Waals surface area contributed by atoms with Crippen molar-refractivity contribution in [1.29, 1.82) is 0 Å². The van der Waals surface area contributed by atoms with Gasteiger partial charge in [0, 0.05) is 25.7 Å². The van der Waals surface area contributed by atoms with Gasteiger partial charge in [-0.3, -0.25) is 37.3 Å². The molecule has 6 atom stereocenters. The number of carbonyl (C=O) groups is 4. The summed E-state index contributed by atoms with van der Waals surface area (Å²) >= 11 is 0. The Morgan fingerprint density at radius 3 is 0.887 bits per heavy atom. The highest BCUT2D eigenvalue weighted by Crippen LogP contribution is 2.45. The van der Waals surface area contributed by atoms with Gasteiger partial charge in [-0.25, -0.2) is 9.13 Å². The normalized spacial score (nSPS) is 14.9. The summed E-state index contributed by atoms with van der Waals surface area (Å²) in [5.41, 5.74) is 0. The summed E-state index contributed by atoms with van der Waals surface area (Å²) in [4.78, 5) is 72.0. The highest BCUT2D eigenvalue weighted by Gasteiger charge is 2.30. The molecule has 0 amide bonds. The topological polar surface area (TPSA) is 237 Å². The molecule has 0 aliphatic carbocycles. The average molecular weight is 1190 g/mol. The van der Waals surface area contributed by atoms with Crippen LogP contribution < -0.4 is 0 Å². The first kappa shape index (κ1) is 78.1. The number of phosphoric acid groups is 2. The first-order chi connectivity index (χ1) is 38.1. The SMILES string of the molecule is CCC(C)CCCCCCCCCCC(=O)O[C@H](COC(=O)CCCCCCCCC(C)C)COP(=O)(O)OC[C@H](O)COP(=O)(O)OC[C@@H](COC(=O)CCCCCCCCCC(C)C)OC(=O)CCCCCCCCC(C)C. The van der Waals surface area contributed by atoms with Crippen LogP contribution in [0.4, 0.5) is 0 Å². The van der Waals surface area contributed by atoms with E-state index in [2.05, 4.69) is 55.4 Å². The molecule has 80 heavy (non-hydrogen) atoms. The van der Waals surface area contributed by atoms with Gasteiger partial charge in [-0.2, -0.15) is 0 Å². The zero-order chi connectivity index (χ0) is 59.7. The minimum atomic E-state index is -4.94. The summed E-state index contributed by atoms with van der Waals surface area (Å²) in [6.45, 7) is 13.8. The molecule has 0 spiro atoms. The molecule has 0 aliphatic rings. The molecule has 0 saturated heterocycles. The Morgan fingerprint density at radius 2 is 0.600 bits per heavy atom. The van der Waals surface area contributed by atoms with Crippen LogP contribution in [0.1, 0.15) is 287 Å². The van der Waals surface area contributed by atoms with Gasteiger partial charge in [0.15, 0.2) is 12.2 Å². The summed E-state index contributed by atoms with van der Waals surface area (Å²) in [6, 6.07) is 0. The zero-order valence-corrected chi connectivity index (χ0v) is 53.5. The standard InChI is InChI=1S/C61H118O17P2/c1-9-54(8)40-32-24-14-10-11-15-27-35-43-60(65)77-56(48-72-59(64)42-34-26-19-17-22-30-38-52(4)5)49-75-79(67,68)73-45-55(62)46-74-80(69,70)76-50-57(78-61(66)44-36-28-20-18-23-31-39-53(6)7)47-71-58(63)41-33-25-16-12-13-21-29-37-51(2)3/h51-57,62H,9-50H2,1-8H3,(H,67,68)(H,69,70)/t54?,55-,56+,57+/m0/s1. The number of ether oxygens (including phenoxy) is 4. The number of carbonyl (C=O) groups excluding carboxylic acids is 4. The lowest BCUT2D eigenvalue weighted by atomic mass is 9.99.